The molecule has 1 aliphatic carbocycles. The van der Waals surface area contributed by atoms with Gasteiger partial charge in [0.05, 0.1) is 7.11 Å². The molecule has 1 fully saturated rings. The van der Waals surface area contributed by atoms with Crippen LogP contribution in [0, 0.1) is 5.92 Å². The minimum atomic E-state index is -0.479. The van der Waals surface area contributed by atoms with Crippen LogP contribution in [0.4, 0.5) is 0 Å². The summed E-state index contributed by atoms with van der Waals surface area (Å²) in [6, 6.07) is 0.285. The van der Waals surface area contributed by atoms with Crippen LogP contribution in [0.5, 0.6) is 0 Å². The van der Waals surface area contributed by atoms with E-state index in [1.807, 2.05) is 0 Å². The molecule has 0 amide bonds. The highest BCUT2D eigenvalue weighted by Crippen LogP contribution is 2.33. The van der Waals surface area contributed by atoms with E-state index in [0.29, 0.717) is 5.92 Å². The second-order valence-corrected chi connectivity index (χ2v) is 5.27. The van der Waals surface area contributed by atoms with Gasteiger partial charge in [-0.2, -0.15) is 0 Å². The van der Waals surface area contributed by atoms with Crippen LogP contribution < -0.4 is 5.32 Å². The van der Waals surface area contributed by atoms with Gasteiger partial charge in [-0.15, -0.1) is 0 Å². The monoisotopic (exact) mass is 243 g/mol. The SMILES string of the molecule is COCC1CCC(NC(C)C)(C(=O)OC)CC1. The van der Waals surface area contributed by atoms with Crippen molar-refractivity contribution in [2.45, 2.75) is 51.1 Å². The predicted octanol–water partition coefficient (Wildman–Crippen LogP) is 1.73. The number of esters is 1. The van der Waals surface area contributed by atoms with Crippen molar-refractivity contribution >= 4 is 5.97 Å². The van der Waals surface area contributed by atoms with Crippen LogP contribution in [0.2, 0.25) is 0 Å². The maximum absolute atomic E-state index is 12.0. The first kappa shape index (κ1) is 14.5. The minimum Gasteiger partial charge on any atom is -0.468 e. The fourth-order valence-electron chi connectivity index (χ4n) is 2.73. The Morgan fingerprint density at radius 2 is 1.94 bits per heavy atom. The Balaban J connectivity index is 2.65. The molecule has 1 N–H and O–H groups in total. The number of methoxy groups -OCH3 is 2. The van der Waals surface area contributed by atoms with Crippen molar-refractivity contribution in [2.75, 3.05) is 20.8 Å². The highest BCUT2D eigenvalue weighted by Gasteiger charge is 2.42. The van der Waals surface area contributed by atoms with Crippen LogP contribution in [-0.4, -0.2) is 38.4 Å². The summed E-state index contributed by atoms with van der Waals surface area (Å²) in [7, 11) is 3.20. The van der Waals surface area contributed by atoms with Crippen molar-refractivity contribution in [1.29, 1.82) is 0 Å². The zero-order chi connectivity index (χ0) is 12.9. The molecule has 1 saturated carbocycles. The zero-order valence-electron chi connectivity index (χ0n) is 11.4. The fourth-order valence-corrected chi connectivity index (χ4v) is 2.73. The third-order valence-corrected chi connectivity index (χ3v) is 3.50. The van der Waals surface area contributed by atoms with E-state index >= 15 is 0 Å². The van der Waals surface area contributed by atoms with Gasteiger partial charge in [0, 0.05) is 19.8 Å². The molecule has 0 atom stereocenters. The van der Waals surface area contributed by atoms with Gasteiger partial charge in [-0.1, -0.05) is 0 Å². The van der Waals surface area contributed by atoms with Crippen LogP contribution in [0.1, 0.15) is 39.5 Å². The zero-order valence-corrected chi connectivity index (χ0v) is 11.4. The highest BCUT2D eigenvalue weighted by atomic mass is 16.5. The van der Waals surface area contributed by atoms with Gasteiger partial charge < -0.3 is 9.47 Å². The van der Waals surface area contributed by atoms with Gasteiger partial charge in [0.25, 0.3) is 0 Å². The summed E-state index contributed by atoms with van der Waals surface area (Å²) >= 11 is 0. The first-order valence-corrected chi connectivity index (χ1v) is 6.39. The van der Waals surface area contributed by atoms with Crippen LogP contribution in [0.15, 0.2) is 0 Å². The fraction of sp³-hybridized carbons (Fsp3) is 0.923. The number of nitrogens with one attached hydrogen (secondary N) is 1. The summed E-state index contributed by atoms with van der Waals surface area (Å²) in [6.45, 7) is 4.91. The van der Waals surface area contributed by atoms with Crippen molar-refractivity contribution in [3.8, 4) is 0 Å². The summed E-state index contributed by atoms with van der Waals surface area (Å²) in [6.07, 6.45) is 3.71. The molecule has 0 aromatic heterocycles. The molecule has 4 heteroatoms. The maximum atomic E-state index is 12.0. The molecule has 17 heavy (non-hydrogen) atoms. The molecular formula is C13H25NO3. The molecule has 0 aromatic carbocycles. The van der Waals surface area contributed by atoms with E-state index in [-0.39, 0.29) is 12.0 Å². The molecule has 1 aliphatic rings. The first-order chi connectivity index (χ1) is 8.04. The van der Waals surface area contributed by atoms with Crippen LogP contribution in [0.3, 0.4) is 0 Å². The summed E-state index contributed by atoms with van der Waals surface area (Å²) in [5.41, 5.74) is -0.479. The van der Waals surface area contributed by atoms with Crippen molar-refractivity contribution in [1.82, 2.24) is 5.32 Å². The molecule has 0 unspecified atom stereocenters. The average molecular weight is 243 g/mol. The third-order valence-electron chi connectivity index (χ3n) is 3.50. The summed E-state index contributed by atoms with van der Waals surface area (Å²) < 4.78 is 10.1. The normalized spacial score (nSPS) is 29.4. The molecule has 0 heterocycles. The van der Waals surface area contributed by atoms with E-state index < -0.39 is 5.54 Å². The van der Waals surface area contributed by atoms with Crippen LogP contribution >= 0.6 is 0 Å². The van der Waals surface area contributed by atoms with E-state index in [9.17, 15) is 4.79 Å². The third kappa shape index (κ3) is 3.68. The predicted molar refractivity (Wildman–Crippen MR) is 66.9 cm³/mol. The molecule has 1 rings (SSSR count). The molecule has 100 valence electrons. The van der Waals surface area contributed by atoms with Crippen molar-refractivity contribution in [3.63, 3.8) is 0 Å². The van der Waals surface area contributed by atoms with E-state index in [1.165, 1.54) is 7.11 Å². The van der Waals surface area contributed by atoms with Gasteiger partial charge in [0.2, 0.25) is 0 Å². The van der Waals surface area contributed by atoms with Gasteiger partial charge >= 0.3 is 5.97 Å². The highest BCUT2D eigenvalue weighted by molar-refractivity contribution is 5.81. The number of rotatable bonds is 5. The number of carbonyl (C=O) groups excluding carboxylic acids is 1. The van der Waals surface area contributed by atoms with Gasteiger partial charge in [-0.25, -0.2) is 0 Å². The Labute approximate surface area is 104 Å². The van der Waals surface area contributed by atoms with Gasteiger partial charge in [-0.3, -0.25) is 10.1 Å². The Morgan fingerprint density at radius 3 is 2.35 bits per heavy atom. The lowest BCUT2D eigenvalue weighted by Gasteiger charge is -2.39. The molecule has 4 nitrogen and oxygen atoms in total. The lowest BCUT2D eigenvalue weighted by molar-refractivity contribution is -0.151. The van der Waals surface area contributed by atoms with Crippen molar-refractivity contribution < 1.29 is 14.3 Å². The van der Waals surface area contributed by atoms with E-state index in [2.05, 4.69) is 19.2 Å². The maximum Gasteiger partial charge on any atom is 0.326 e. The number of carbonyl (C=O) groups is 1. The molecule has 0 bridgehead atoms. The van der Waals surface area contributed by atoms with E-state index in [0.717, 1.165) is 32.3 Å². The standard InChI is InChI=1S/C13H25NO3/c1-10(2)14-13(12(15)17-4)7-5-11(6-8-13)9-16-3/h10-11,14H,5-9H2,1-4H3. The number of ether oxygens (including phenoxy) is 2. The van der Waals surface area contributed by atoms with Gasteiger partial charge in [0.15, 0.2) is 0 Å². The lowest BCUT2D eigenvalue weighted by Crippen LogP contribution is -2.57. The van der Waals surface area contributed by atoms with Crippen LogP contribution in [0.25, 0.3) is 0 Å². The van der Waals surface area contributed by atoms with E-state index in [1.54, 1.807) is 7.11 Å². The number of hydrogen-bond acceptors (Lipinski definition) is 4. The smallest absolute Gasteiger partial charge is 0.326 e. The molecule has 0 spiro atoms. The quantitative estimate of drug-likeness (QED) is 0.747. The minimum absolute atomic E-state index is 0.123. The average Bonchev–Trinajstić information content (AvgIpc) is 2.30. The summed E-state index contributed by atoms with van der Waals surface area (Å²) in [5, 5.41) is 3.39. The van der Waals surface area contributed by atoms with Crippen molar-refractivity contribution in [3.05, 3.63) is 0 Å². The largest absolute Gasteiger partial charge is 0.468 e. The molecule has 0 radical (unpaired) electrons. The Hall–Kier alpha value is -0.610. The molecular weight excluding hydrogens is 218 g/mol. The van der Waals surface area contributed by atoms with Gasteiger partial charge in [-0.05, 0) is 45.4 Å². The molecule has 0 aromatic rings. The Morgan fingerprint density at radius 1 is 1.35 bits per heavy atom. The topological polar surface area (TPSA) is 47.6 Å². The van der Waals surface area contributed by atoms with Crippen LogP contribution in [-0.2, 0) is 14.3 Å². The number of hydrogen-bond donors (Lipinski definition) is 1. The second kappa shape index (κ2) is 6.36. The van der Waals surface area contributed by atoms with Gasteiger partial charge in [0.1, 0.15) is 5.54 Å². The summed E-state index contributed by atoms with van der Waals surface area (Å²) in [4.78, 5) is 12.0. The second-order valence-electron chi connectivity index (χ2n) is 5.27. The lowest BCUT2D eigenvalue weighted by atomic mass is 9.76. The van der Waals surface area contributed by atoms with E-state index in [4.69, 9.17) is 9.47 Å². The Bertz CT molecular complexity index is 245. The molecule has 0 saturated heterocycles. The summed E-state index contributed by atoms with van der Waals surface area (Å²) in [5.74, 6) is 0.453. The molecule has 0 aliphatic heterocycles. The Kier molecular flexibility index (Phi) is 5.40. The van der Waals surface area contributed by atoms with Crippen molar-refractivity contribution in [2.24, 2.45) is 5.92 Å². The first-order valence-electron chi connectivity index (χ1n) is 6.39.